The van der Waals surface area contributed by atoms with E-state index in [1.165, 1.54) is 61.9 Å². The van der Waals surface area contributed by atoms with Gasteiger partial charge in [-0.25, -0.2) is 4.98 Å². The summed E-state index contributed by atoms with van der Waals surface area (Å²) in [6.07, 6.45) is 15.7. The van der Waals surface area contributed by atoms with Crippen molar-refractivity contribution in [1.82, 2.24) is 9.55 Å². The maximum atomic E-state index is 4.92. The van der Waals surface area contributed by atoms with Crippen molar-refractivity contribution in [3.63, 3.8) is 0 Å². The fourth-order valence-electron chi connectivity index (χ4n) is 5.24. The molecule has 2 nitrogen and oxygen atoms in total. The number of hydrogen-bond donors (Lipinski definition) is 0. The number of unbranched alkanes of at least 4 members (excludes halogenated alkanes) is 6. The van der Waals surface area contributed by atoms with Gasteiger partial charge in [0.25, 0.3) is 0 Å². The predicted molar refractivity (Wildman–Crippen MR) is 137 cm³/mol. The van der Waals surface area contributed by atoms with Crippen LogP contribution in [0.25, 0.3) is 0 Å². The van der Waals surface area contributed by atoms with Crippen LogP contribution in [0.4, 0.5) is 0 Å². The smallest absolute Gasteiger partial charge is 0.112 e. The van der Waals surface area contributed by atoms with Crippen molar-refractivity contribution in [2.24, 2.45) is 0 Å². The van der Waals surface area contributed by atoms with E-state index >= 15 is 0 Å². The number of hydrogen-bond acceptors (Lipinski definition) is 1. The van der Waals surface area contributed by atoms with Crippen LogP contribution < -0.4 is 0 Å². The third-order valence-electron chi connectivity index (χ3n) is 7.09. The van der Waals surface area contributed by atoms with Crippen LogP contribution in [0.1, 0.15) is 95.0 Å². The van der Waals surface area contributed by atoms with Crippen molar-refractivity contribution >= 4 is 0 Å². The molecule has 3 rings (SSSR count). The van der Waals surface area contributed by atoms with Gasteiger partial charge in [0.1, 0.15) is 5.82 Å². The van der Waals surface area contributed by atoms with Gasteiger partial charge in [-0.3, -0.25) is 0 Å². The number of imidazole rings is 1. The molecule has 0 saturated carbocycles. The highest BCUT2D eigenvalue weighted by molar-refractivity contribution is 5.33. The van der Waals surface area contributed by atoms with E-state index in [9.17, 15) is 0 Å². The highest BCUT2D eigenvalue weighted by Gasteiger charge is 2.38. The summed E-state index contributed by atoms with van der Waals surface area (Å²) < 4.78 is 2.44. The van der Waals surface area contributed by atoms with Crippen molar-refractivity contribution in [3.8, 4) is 0 Å². The van der Waals surface area contributed by atoms with Gasteiger partial charge in [-0.15, -0.1) is 0 Å². The van der Waals surface area contributed by atoms with E-state index in [-0.39, 0.29) is 5.41 Å². The zero-order valence-electron chi connectivity index (χ0n) is 20.5. The minimum atomic E-state index is -0.0133. The fourth-order valence-corrected chi connectivity index (χ4v) is 5.24. The monoisotopic (exact) mass is 430 g/mol. The van der Waals surface area contributed by atoms with Crippen molar-refractivity contribution in [2.45, 2.75) is 96.4 Å². The van der Waals surface area contributed by atoms with Gasteiger partial charge >= 0.3 is 0 Å². The lowest BCUT2D eigenvalue weighted by molar-refractivity contribution is 0.338. The number of aryl methyl sites for hydroxylation is 1. The predicted octanol–water partition coefficient (Wildman–Crippen LogP) is 8.33. The van der Waals surface area contributed by atoms with Gasteiger partial charge in [-0.2, -0.15) is 0 Å². The average Bonchev–Trinajstić information content (AvgIpc) is 3.28. The Bertz CT molecular complexity index is 883. The molecule has 0 bridgehead atoms. The van der Waals surface area contributed by atoms with Gasteiger partial charge < -0.3 is 4.57 Å². The molecule has 3 aromatic rings. The van der Waals surface area contributed by atoms with E-state index in [0.29, 0.717) is 5.92 Å². The maximum absolute atomic E-state index is 4.92. The van der Waals surface area contributed by atoms with Gasteiger partial charge in [0.15, 0.2) is 0 Å². The van der Waals surface area contributed by atoms with Crippen LogP contribution >= 0.6 is 0 Å². The summed E-state index contributed by atoms with van der Waals surface area (Å²) in [6.45, 7) is 8.13. The first-order valence-corrected chi connectivity index (χ1v) is 12.8. The second-order valence-corrected chi connectivity index (χ2v) is 9.51. The van der Waals surface area contributed by atoms with E-state index in [1.807, 2.05) is 6.20 Å². The van der Waals surface area contributed by atoms with E-state index < -0.39 is 0 Å². The quantitative estimate of drug-likeness (QED) is 0.235. The summed E-state index contributed by atoms with van der Waals surface area (Å²) in [5, 5.41) is 0. The third kappa shape index (κ3) is 6.34. The van der Waals surface area contributed by atoms with Crippen LogP contribution in [0.15, 0.2) is 73.1 Å². The Morgan fingerprint density at radius 3 is 2.09 bits per heavy atom. The van der Waals surface area contributed by atoms with Gasteiger partial charge in [0, 0.05) is 30.3 Å². The molecule has 0 amide bonds. The molecule has 0 spiro atoms. The first-order chi connectivity index (χ1) is 15.7. The lowest BCUT2D eigenvalue weighted by Crippen LogP contribution is -2.34. The molecule has 0 radical (unpaired) electrons. The molecule has 172 valence electrons. The minimum absolute atomic E-state index is 0.0133. The van der Waals surface area contributed by atoms with Crippen LogP contribution in [0.2, 0.25) is 0 Å². The Labute approximate surface area is 196 Å². The normalized spacial score (nSPS) is 14.2. The lowest BCUT2D eigenvalue weighted by Gasteiger charge is -2.38. The molecule has 2 atom stereocenters. The third-order valence-corrected chi connectivity index (χ3v) is 7.09. The number of nitrogens with zero attached hydrogens (tertiary/aromatic N) is 2. The van der Waals surface area contributed by atoms with Crippen LogP contribution in [0, 0.1) is 0 Å². The molecular weight excluding hydrogens is 388 g/mol. The maximum Gasteiger partial charge on any atom is 0.112 e. The van der Waals surface area contributed by atoms with Crippen molar-refractivity contribution in [2.75, 3.05) is 0 Å². The number of rotatable bonds is 14. The van der Waals surface area contributed by atoms with E-state index in [1.54, 1.807) is 0 Å². The molecular formula is C30H42N2. The molecule has 0 aliphatic carbocycles. The van der Waals surface area contributed by atoms with E-state index in [4.69, 9.17) is 4.98 Å². The first kappa shape index (κ1) is 24.3. The highest BCUT2D eigenvalue weighted by atomic mass is 15.1. The standard InChI is InChI=1S/C30H42N2/c1-4-6-7-8-9-10-17-23-32-24-22-31-29(32)28(5-2)30(3,27-20-15-12-16-21-27)25-26-18-13-11-14-19-26/h11-16,18-22,24,28H,4-10,17,23,25H2,1-3H3. The largest absolute Gasteiger partial charge is 0.335 e. The fraction of sp³-hybridized carbons (Fsp3) is 0.500. The van der Waals surface area contributed by atoms with Crippen molar-refractivity contribution in [1.29, 1.82) is 0 Å². The van der Waals surface area contributed by atoms with Gasteiger partial charge in [0.05, 0.1) is 0 Å². The van der Waals surface area contributed by atoms with Crippen molar-refractivity contribution in [3.05, 3.63) is 90.0 Å². The number of benzene rings is 2. The topological polar surface area (TPSA) is 17.8 Å². The lowest BCUT2D eigenvalue weighted by atomic mass is 9.66. The van der Waals surface area contributed by atoms with Crippen LogP contribution in [-0.2, 0) is 18.4 Å². The molecule has 0 aliphatic heterocycles. The van der Waals surface area contributed by atoms with Gasteiger partial charge in [-0.1, -0.05) is 120 Å². The zero-order valence-corrected chi connectivity index (χ0v) is 20.5. The Morgan fingerprint density at radius 2 is 1.44 bits per heavy atom. The molecule has 0 fully saturated rings. The summed E-state index contributed by atoms with van der Waals surface area (Å²) in [7, 11) is 0. The first-order valence-electron chi connectivity index (χ1n) is 12.8. The summed E-state index contributed by atoms with van der Waals surface area (Å²) in [5.74, 6) is 1.62. The van der Waals surface area contributed by atoms with E-state index in [2.05, 4.69) is 92.2 Å². The molecule has 0 aliphatic rings. The molecule has 1 aromatic heterocycles. The van der Waals surface area contributed by atoms with Crippen LogP contribution in [-0.4, -0.2) is 9.55 Å². The SMILES string of the molecule is CCCCCCCCCn1ccnc1C(CC)C(C)(Cc1ccccc1)c1ccccc1. The Kier molecular flexibility index (Phi) is 9.59. The molecule has 0 N–H and O–H groups in total. The number of aromatic nitrogens is 2. The highest BCUT2D eigenvalue weighted by Crippen LogP contribution is 2.43. The zero-order chi connectivity index (χ0) is 22.7. The summed E-state index contributed by atoms with van der Waals surface area (Å²) >= 11 is 0. The summed E-state index contributed by atoms with van der Waals surface area (Å²) in [6, 6.07) is 22.0. The Hall–Kier alpha value is -2.35. The van der Waals surface area contributed by atoms with E-state index in [0.717, 1.165) is 19.4 Å². The van der Waals surface area contributed by atoms with Crippen LogP contribution in [0.3, 0.4) is 0 Å². The second-order valence-electron chi connectivity index (χ2n) is 9.51. The molecule has 2 aromatic carbocycles. The molecule has 1 heterocycles. The van der Waals surface area contributed by atoms with Gasteiger partial charge in [-0.05, 0) is 30.4 Å². The van der Waals surface area contributed by atoms with Crippen molar-refractivity contribution < 1.29 is 0 Å². The van der Waals surface area contributed by atoms with Gasteiger partial charge in [0.2, 0.25) is 0 Å². The molecule has 2 heteroatoms. The second kappa shape index (κ2) is 12.6. The van der Waals surface area contributed by atoms with Crippen LogP contribution in [0.5, 0.6) is 0 Å². The minimum Gasteiger partial charge on any atom is -0.335 e. The molecule has 32 heavy (non-hydrogen) atoms. The summed E-state index contributed by atoms with van der Waals surface area (Å²) in [4.78, 5) is 4.92. The molecule has 2 unspecified atom stereocenters. The Balaban J connectivity index is 1.79. The summed E-state index contributed by atoms with van der Waals surface area (Å²) in [5.41, 5.74) is 2.78. The average molecular weight is 431 g/mol. The molecule has 0 saturated heterocycles. The Morgan fingerprint density at radius 1 is 0.812 bits per heavy atom.